The van der Waals surface area contributed by atoms with E-state index in [0.29, 0.717) is 12.5 Å². The molecule has 1 atom stereocenters. The van der Waals surface area contributed by atoms with Crippen LogP contribution >= 0.6 is 0 Å². The average molecular weight is 411 g/mol. The van der Waals surface area contributed by atoms with E-state index in [0.717, 1.165) is 43.9 Å². The molecule has 5 heteroatoms. The SMILES string of the molecule is COc1cccc(N2CC[NH+](CC(=O)N[C@@H](C)c3ccc(CC(C)C)cc3)CC2)c1. The zero-order valence-electron chi connectivity index (χ0n) is 18.8. The molecule has 1 aliphatic rings. The van der Waals surface area contributed by atoms with Gasteiger partial charge in [0, 0.05) is 11.8 Å². The molecule has 2 N–H and O–H groups in total. The number of carbonyl (C=O) groups is 1. The molecule has 0 aliphatic carbocycles. The first-order chi connectivity index (χ1) is 14.4. The highest BCUT2D eigenvalue weighted by Gasteiger charge is 2.23. The van der Waals surface area contributed by atoms with Gasteiger partial charge in [-0.05, 0) is 42.5 Å². The fourth-order valence-corrected chi connectivity index (χ4v) is 4.08. The number of rotatable bonds is 8. The first-order valence-electron chi connectivity index (χ1n) is 11.1. The normalized spacial score (nSPS) is 15.8. The first-order valence-corrected chi connectivity index (χ1v) is 11.1. The number of amides is 1. The molecule has 1 saturated heterocycles. The summed E-state index contributed by atoms with van der Waals surface area (Å²) in [7, 11) is 1.70. The maximum Gasteiger partial charge on any atom is 0.275 e. The van der Waals surface area contributed by atoms with Crippen LogP contribution in [0.1, 0.15) is 37.9 Å². The van der Waals surface area contributed by atoms with Gasteiger partial charge in [-0.15, -0.1) is 0 Å². The van der Waals surface area contributed by atoms with Crippen molar-refractivity contribution in [3.63, 3.8) is 0 Å². The van der Waals surface area contributed by atoms with Crippen LogP contribution in [0.2, 0.25) is 0 Å². The van der Waals surface area contributed by atoms with Gasteiger partial charge in [-0.1, -0.05) is 44.2 Å². The second-order valence-corrected chi connectivity index (χ2v) is 8.74. The number of nitrogens with zero attached hydrogens (tertiary/aromatic N) is 1. The molecule has 1 fully saturated rings. The van der Waals surface area contributed by atoms with Crippen LogP contribution in [0.3, 0.4) is 0 Å². The van der Waals surface area contributed by atoms with Crippen molar-refractivity contribution in [3.8, 4) is 5.75 Å². The van der Waals surface area contributed by atoms with Gasteiger partial charge in [0.15, 0.2) is 6.54 Å². The largest absolute Gasteiger partial charge is 0.497 e. The van der Waals surface area contributed by atoms with Crippen molar-refractivity contribution in [2.24, 2.45) is 5.92 Å². The van der Waals surface area contributed by atoms with Crippen molar-refractivity contribution in [2.45, 2.75) is 33.2 Å². The molecule has 0 aromatic heterocycles. The zero-order valence-corrected chi connectivity index (χ0v) is 18.8. The Bertz CT molecular complexity index is 811. The summed E-state index contributed by atoms with van der Waals surface area (Å²) in [6.45, 7) is 10.9. The Morgan fingerprint density at radius 2 is 1.80 bits per heavy atom. The first kappa shape index (κ1) is 22.2. The molecule has 2 aromatic carbocycles. The monoisotopic (exact) mass is 410 g/mol. The number of carbonyl (C=O) groups excluding carboxylic acids is 1. The number of methoxy groups -OCH3 is 1. The smallest absolute Gasteiger partial charge is 0.275 e. The maximum absolute atomic E-state index is 12.6. The van der Waals surface area contributed by atoms with Crippen molar-refractivity contribution >= 4 is 11.6 Å². The van der Waals surface area contributed by atoms with Crippen LogP contribution in [0.15, 0.2) is 48.5 Å². The Morgan fingerprint density at radius 1 is 1.10 bits per heavy atom. The van der Waals surface area contributed by atoms with Gasteiger partial charge in [0.05, 0.1) is 39.3 Å². The molecule has 5 nitrogen and oxygen atoms in total. The van der Waals surface area contributed by atoms with E-state index in [4.69, 9.17) is 4.74 Å². The van der Waals surface area contributed by atoms with Crippen LogP contribution < -0.4 is 19.9 Å². The molecule has 0 unspecified atom stereocenters. The number of benzene rings is 2. The maximum atomic E-state index is 12.6. The van der Waals surface area contributed by atoms with Crippen molar-refractivity contribution in [3.05, 3.63) is 59.7 Å². The second-order valence-electron chi connectivity index (χ2n) is 8.74. The topological polar surface area (TPSA) is 46.0 Å². The molecule has 30 heavy (non-hydrogen) atoms. The molecule has 0 saturated carbocycles. The number of quaternary nitrogens is 1. The number of anilines is 1. The van der Waals surface area contributed by atoms with Crippen molar-refractivity contribution in [2.75, 3.05) is 44.7 Å². The number of hydrogen-bond donors (Lipinski definition) is 2. The number of hydrogen-bond acceptors (Lipinski definition) is 3. The minimum Gasteiger partial charge on any atom is -0.497 e. The Labute approximate surface area is 181 Å². The second kappa shape index (κ2) is 10.5. The fourth-order valence-electron chi connectivity index (χ4n) is 4.08. The highest BCUT2D eigenvalue weighted by Crippen LogP contribution is 2.20. The van der Waals surface area contributed by atoms with Crippen LogP contribution in [0.5, 0.6) is 5.75 Å². The molecule has 1 amide bonds. The minimum absolute atomic E-state index is 0.0306. The van der Waals surface area contributed by atoms with E-state index in [-0.39, 0.29) is 11.9 Å². The zero-order chi connectivity index (χ0) is 21.5. The van der Waals surface area contributed by atoms with Gasteiger partial charge in [0.1, 0.15) is 5.75 Å². The summed E-state index contributed by atoms with van der Waals surface area (Å²) in [5, 5.41) is 3.17. The summed E-state index contributed by atoms with van der Waals surface area (Å²) in [6.07, 6.45) is 1.09. The summed E-state index contributed by atoms with van der Waals surface area (Å²) >= 11 is 0. The number of ether oxygens (including phenoxy) is 1. The van der Waals surface area contributed by atoms with Gasteiger partial charge < -0.3 is 19.9 Å². The highest BCUT2D eigenvalue weighted by molar-refractivity contribution is 5.77. The van der Waals surface area contributed by atoms with Crippen LogP contribution in [0.25, 0.3) is 0 Å². The third-order valence-corrected chi connectivity index (χ3v) is 5.80. The molecule has 162 valence electrons. The summed E-state index contributed by atoms with van der Waals surface area (Å²) < 4.78 is 5.33. The van der Waals surface area contributed by atoms with Crippen LogP contribution in [-0.2, 0) is 11.2 Å². The Hall–Kier alpha value is -2.53. The van der Waals surface area contributed by atoms with Gasteiger partial charge in [-0.2, -0.15) is 0 Å². The van der Waals surface area contributed by atoms with E-state index in [9.17, 15) is 4.79 Å². The summed E-state index contributed by atoms with van der Waals surface area (Å²) in [6, 6.07) is 16.9. The lowest BCUT2D eigenvalue weighted by Gasteiger charge is -2.33. The van der Waals surface area contributed by atoms with Gasteiger partial charge in [-0.3, -0.25) is 4.79 Å². The standard InChI is InChI=1S/C25H35N3O2/c1-19(2)16-21-8-10-22(11-9-21)20(3)26-25(29)18-27-12-14-28(15-13-27)23-6-5-7-24(17-23)30-4/h5-11,17,19-20H,12-16,18H2,1-4H3,(H,26,29)/p+1/t20-/m0/s1. The molecule has 1 heterocycles. The van der Waals surface area contributed by atoms with Gasteiger partial charge in [0.25, 0.3) is 5.91 Å². The van der Waals surface area contributed by atoms with E-state index in [1.54, 1.807) is 7.11 Å². The van der Waals surface area contributed by atoms with Crippen LogP contribution in [0, 0.1) is 5.92 Å². The average Bonchev–Trinajstić information content (AvgIpc) is 2.74. The van der Waals surface area contributed by atoms with Crippen molar-refractivity contribution in [1.29, 1.82) is 0 Å². The summed E-state index contributed by atoms with van der Waals surface area (Å²) in [5.41, 5.74) is 3.70. The predicted octanol–water partition coefficient (Wildman–Crippen LogP) is 2.48. The van der Waals surface area contributed by atoms with Crippen LogP contribution in [0.4, 0.5) is 5.69 Å². The molecule has 2 aromatic rings. The predicted molar refractivity (Wildman–Crippen MR) is 122 cm³/mol. The lowest BCUT2D eigenvalue weighted by atomic mass is 10.00. The molecular weight excluding hydrogens is 374 g/mol. The third kappa shape index (κ3) is 6.23. The number of nitrogens with one attached hydrogen (secondary N) is 2. The van der Waals surface area contributed by atoms with E-state index in [1.165, 1.54) is 16.2 Å². The van der Waals surface area contributed by atoms with Crippen molar-refractivity contribution < 1.29 is 14.4 Å². The Morgan fingerprint density at radius 3 is 2.43 bits per heavy atom. The van der Waals surface area contributed by atoms with E-state index in [1.807, 2.05) is 12.1 Å². The quantitative estimate of drug-likeness (QED) is 0.703. The minimum atomic E-state index is 0.0306. The lowest BCUT2D eigenvalue weighted by molar-refractivity contribution is -0.892. The van der Waals surface area contributed by atoms with Gasteiger partial charge in [0.2, 0.25) is 0 Å². The fraction of sp³-hybridized carbons (Fsp3) is 0.480. The third-order valence-electron chi connectivity index (χ3n) is 5.80. The Kier molecular flexibility index (Phi) is 7.75. The molecule has 3 rings (SSSR count). The molecular formula is C25H36N3O2+. The van der Waals surface area contributed by atoms with E-state index < -0.39 is 0 Å². The van der Waals surface area contributed by atoms with E-state index in [2.05, 4.69) is 67.4 Å². The highest BCUT2D eigenvalue weighted by atomic mass is 16.5. The molecule has 0 radical (unpaired) electrons. The Balaban J connectivity index is 1.45. The molecule has 0 bridgehead atoms. The number of piperazine rings is 1. The van der Waals surface area contributed by atoms with Crippen molar-refractivity contribution in [1.82, 2.24) is 5.32 Å². The van der Waals surface area contributed by atoms with E-state index >= 15 is 0 Å². The summed E-state index contributed by atoms with van der Waals surface area (Å²) in [5.74, 6) is 1.66. The van der Waals surface area contributed by atoms with Crippen LogP contribution in [-0.4, -0.2) is 45.7 Å². The lowest BCUT2D eigenvalue weighted by Crippen LogP contribution is -3.15. The summed E-state index contributed by atoms with van der Waals surface area (Å²) in [4.78, 5) is 16.3. The van der Waals surface area contributed by atoms with Gasteiger partial charge >= 0.3 is 0 Å². The molecule has 0 spiro atoms. The molecule has 1 aliphatic heterocycles. The van der Waals surface area contributed by atoms with Gasteiger partial charge in [-0.25, -0.2) is 0 Å².